The molecule has 21 aromatic carbocycles. The van der Waals surface area contributed by atoms with E-state index in [9.17, 15) is 0 Å². The third kappa shape index (κ3) is 13.0. The zero-order valence-corrected chi connectivity index (χ0v) is 70.1. The minimum atomic E-state index is -0.317. The van der Waals surface area contributed by atoms with E-state index in [1.165, 1.54) is 155 Å². The molecule has 0 bridgehead atoms. The van der Waals surface area contributed by atoms with Crippen LogP contribution in [0.1, 0.15) is 47.2 Å². The van der Waals surface area contributed by atoms with Crippen LogP contribution >= 0.6 is 0 Å². The van der Waals surface area contributed by atoms with Crippen molar-refractivity contribution in [3.63, 3.8) is 0 Å². The molecular formula is C124H86N2. The van der Waals surface area contributed by atoms with E-state index in [1.54, 1.807) is 0 Å². The predicted octanol–water partition coefficient (Wildman–Crippen LogP) is 33.8. The van der Waals surface area contributed by atoms with Crippen molar-refractivity contribution < 1.29 is 0 Å². The van der Waals surface area contributed by atoms with Crippen LogP contribution in [0, 0.1) is 0 Å². The maximum absolute atomic E-state index is 2.46. The first kappa shape index (κ1) is 75.0. The van der Waals surface area contributed by atoms with Crippen molar-refractivity contribution in [2.45, 2.75) is 24.7 Å². The Balaban J connectivity index is 0.551. The molecule has 592 valence electrons. The summed E-state index contributed by atoms with van der Waals surface area (Å²) in [6, 6.07) is 180. The monoisotopic (exact) mass is 1600 g/mol. The Morgan fingerprint density at radius 1 is 0.151 bits per heavy atom. The van der Waals surface area contributed by atoms with E-state index in [-0.39, 0.29) is 10.8 Å². The second-order valence-electron chi connectivity index (χ2n) is 34.1. The second-order valence-corrected chi connectivity index (χ2v) is 34.1. The lowest BCUT2D eigenvalue weighted by atomic mass is 9.74. The third-order valence-electron chi connectivity index (χ3n) is 27.0. The van der Waals surface area contributed by atoms with Crippen LogP contribution in [0.15, 0.2) is 485 Å². The molecule has 0 fully saturated rings. The average molecular weight is 1600 g/mol. The summed E-state index contributed by atoms with van der Waals surface area (Å²) in [6.45, 7) is 4.80. The highest BCUT2D eigenvalue weighted by Gasteiger charge is 2.43. The van der Waals surface area contributed by atoms with Gasteiger partial charge in [-0.15, -0.1) is 0 Å². The lowest BCUT2D eigenvalue weighted by Gasteiger charge is -2.29. The molecule has 21 aromatic rings. The van der Waals surface area contributed by atoms with Crippen LogP contribution in [0.2, 0.25) is 0 Å². The van der Waals surface area contributed by atoms with Gasteiger partial charge in [-0.2, -0.15) is 0 Å². The van der Waals surface area contributed by atoms with Gasteiger partial charge < -0.3 is 9.80 Å². The van der Waals surface area contributed by atoms with Crippen LogP contribution in [0.3, 0.4) is 0 Å². The Labute approximate surface area is 736 Å². The standard InChI is InChI=1S/C124H86N2/c1-123(102-32-8-4-9-33-102)116-45-19-16-41-114(116)121-110(43-24-47-118(121)123)99-30-22-36-106(81-99)125(104-71-66-86(67-72-104)84-50-54-88(55-51-84)93-61-58-83-26-12-13-29-92(83)76-93)108-75-70-97-77-95(64-65-98(97)80-108)96-63-60-90-59-62-94(78-101(90)79-96)89-56-52-85(53-57-89)87-68-73-105(74-69-87)126(120-49-21-18-40-113(120)112-39-15-14-38-109(112)91-27-6-3-7-28-91)107-37-23-31-100(82-107)111-44-25-48-119-122(111)115-42-17-20-46-117(115)124(119,2)103-34-10-5-11-35-103/h3-82H,1-2H3. The van der Waals surface area contributed by atoms with Gasteiger partial charge in [0.05, 0.1) is 5.69 Å². The molecule has 0 amide bonds. The summed E-state index contributed by atoms with van der Waals surface area (Å²) in [5, 5.41) is 7.23. The van der Waals surface area contributed by atoms with Gasteiger partial charge in [-0.1, -0.05) is 394 Å². The van der Waals surface area contributed by atoms with Crippen LogP contribution in [-0.4, -0.2) is 0 Å². The molecule has 2 aliphatic carbocycles. The first-order chi connectivity index (χ1) is 62.2. The number of fused-ring (bicyclic) bond motifs is 9. The van der Waals surface area contributed by atoms with E-state index in [0.29, 0.717) is 0 Å². The van der Waals surface area contributed by atoms with Gasteiger partial charge in [-0.05, 0) is 287 Å². The first-order valence-electron chi connectivity index (χ1n) is 43.8. The van der Waals surface area contributed by atoms with E-state index in [0.717, 1.165) is 67.3 Å². The molecule has 0 N–H and O–H groups in total. The molecule has 0 aromatic heterocycles. The lowest BCUT2D eigenvalue weighted by Crippen LogP contribution is -2.22. The van der Waals surface area contributed by atoms with E-state index >= 15 is 0 Å². The summed E-state index contributed by atoms with van der Waals surface area (Å²) in [7, 11) is 0. The topological polar surface area (TPSA) is 6.48 Å². The van der Waals surface area contributed by atoms with E-state index in [1.807, 2.05) is 0 Å². The fraction of sp³-hybridized carbons (Fsp3) is 0.0323. The Hall–Kier alpha value is -16.0. The van der Waals surface area contributed by atoms with Gasteiger partial charge in [0.2, 0.25) is 0 Å². The summed E-state index contributed by atoms with van der Waals surface area (Å²) < 4.78 is 0. The maximum Gasteiger partial charge on any atom is 0.0540 e. The largest absolute Gasteiger partial charge is 0.310 e. The minimum absolute atomic E-state index is 0.312. The number of hydrogen-bond donors (Lipinski definition) is 0. The number of para-hydroxylation sites is 1. The van der Waals surface area contributed by atoms with E-state index in [4.69, 9.17) is 0 Å². The first-order valence-corrected chi connectivity index (χ1v) is 43.8. The minimum Gasteiger partial charge on any atom is -0.310 e. The second kappa shape index (κ2) is 31.2. The van der Waals surface area contributed by atoms with Crippen LogP contribution in [-0.2, 0) is 10.8 Å². The molecule has 2 aliphatic rings. The van der Waals surface area contributed by atoms with Gasteiger partial charge in [0, 0.05) is 44.8 Å². The predicted molar refractivity (Wildman–Crippen MR) is 532 cm³/mol. The average Bonchev–Trinajstić information content (AvgIpc) is 1.55. The SMILES string of the molecule is CC1(c2ccccc2)c2ccccc2-c2c(-c3cccc(N(c4ccc(-c5ccc(-c6ccc7ccccc7c6)cc5)cc4)c4ccc5cc(-c6ccc7ccc(-c8ccc(-c9ccc(N(c%10cccc(-c%11cccc%12c%11-c%11ccccc%11C%12(C)c%11ccccc%11)c%10)c%10ccccc%10-c%10ccccc%10-c%10ccccc%10)cc9)cc8)cc7c6)ccc5c4)c3)cccc21. The number of nitrogens with zero attached hydrogens (tertiary/aromatic N) is 2. The number of anilines is 6. The molecule has 0 aliphatic heterocycles. The third-order valence-corrected chi connectivity index (χ3v) is 27.0. The summed E-state index contributed by atoms with van der Waals surface area (Å²) in [5.41, 5.74) is 40.1. The van der Waals surface area contributed by atoms with Gasteiger partial charge in [-0.25, -0.2) is 0 Å². The lowest BCUT2D eigenvalue weighted by molar-refractivity contribution is 0.714. The van der Waals surface area contributed by atoms with Gasteiger partial charge in [0.25, 0.3) is 0 Å². The Morgan fingerprint density at radius 2 is 0.452 bits per heavy atom. The van der Waals surface area contributed by atoms with Gasteiger partial charge in [0.15, 0.2) is 0 Å². The van der Waals surface area contributed by atoms with Crippen LogP contribution < -0.4 is 9.80 Å². The van der Waals surface area contributed by atoms with Crippen molar-refractivity contribution in [1.82, 2.24) is 0 Å². The number of rotatable bonds is 17. The van der Waals surface area contributed by atoms with Crippen LogP contribution in [0.25, 0.3) is 155 Å². The van der Waals surface area contributed by atoms with E-state index < -0.39 is 0 Å². The maximum atomic E-state index is 2.46. The molecule has 126 heavy (non-hydrogen) atoms. The summed E-state index contributed by atoms with van der Waals surface area (Å²) in [4.78, 5) is 4.89. The molecule has 23 rings (SSSR count). The van der Waals surface area contributed by atoms with Crippen molar-refractivity contribution >= 4 is 66.4 Å². The normalized spacial score (nSPS) is 14.2. The molecule has 0 radical (unpaired) electrons. The zero-order chi connectivity index (χ0) is 83.8. The molecule has 0 saturated heterocycles. The highest BCUT2D eigenvalue weighted by Crippen LogP contribution is 2.58. The van der Waals surface area contributed by atoms with Crippen LogP contribution in [0.4, 0.5) is 34.1 Å². The molecule has 0 saturated carbocycles. The van der Waals surface area contributed by atoms with Crippen molar-refractivity contribution in [1.29, 1.82) is 0 Å². The van der Waals surface area contributed by atoms with Gasteiger partial charge in [-0.3, -0.25) is 0 Å². The van der Waals surface area contributed by atoms with Crippen molar-refractivity contribution in [3.8, 4) is 122 Å². The summed E-state index contributed by atoms with van der Waals surface area (Å²) in [5.74, 6) is 0. The molecule has 0 spiro atoms. The Kier molecular flexibility index (Phi) is 18.5. The van der Waals surface area contributed by atoms with Crippen molar-refractivity contribution in [3.05, 3.63) is 519 Å². The fourth-order valence-electron chi connectivity index (χ4n) is 20.6. The van der Waals surface area contributed by atoms with Gasteiger partial charge >= 0.3 is 0 Å². The summed E-state index contributed by atoms with van der Waals surface area (Å²) >= 11 is 0. The highest BCUT2D eigenvalue weighted by atomic mass is 15.1. The van der Waals surface area contributed by atoms with E-state index in [2.05, 4.69) is 509 Å². The molecular weight excluding hydrogens is 1520 g/mol. The van der Waals surface area contributed by atoms with Crippen LogP contribution in [0.5, 0.6) is 0 Å². The molecule has 2 atom stereocenters. The fourth-order valence-corrected chi connectivity index (χ4v) is 20.6. The van der Waals surface area contributed by atoms with Gasteiger partial charge in [0.1, 0.15) is 0 Å². The smallest absolute Gasteiger partial charge is 0.0540 e. The Bertz CT molecular complexity index is 7760. The van der Waals surface area contributed by atoms with Crippen molar-refractivity contribution in [2.24, 2.45) is 0 Å². The number of hydrogen-bond acceptors (Lipinski definition) is 2. The summed E-state index contributed by atoms with van der Waals surface area (Å²) in [6.07, 6.45) is 0. The zero-order valence-electron chi connectivity index (χ0n) is 70.1. The quantitative estimate of drug-likeness (QED) is 0.0896. The molecule has 2 nitrogen and oxygen atoms in total. The molecule has 0 heterocycles. The van der Waals surface area contributed by atoms with Crippen molar-refractivity contribution in [2.75, 3.05) is 9.80 Å². The number of benzene rings is 21. The Morgan fingerprint density at radius 3 is 0.968 bits per heavy atom. The highest BCUT2D eigenvalue weighted by molar-refractivity contribution is 6.01. The molecule has 2 heteroatoms. The molecule has 2 unspecified atom stereocenters.